The quantitative estimate of drug-likeness (QED) is 0.333. The molecule has 146 valence electrons. The maximum absolute atomic E-state index is 13.3. The van der Waals surface area contributed by atoms with Gasteiger partial charge >= 0.3 is 0 Å². The Morgan fingerprint density at radius 1 is 0.900 bits per heavy atom. The third kappa shape index (κ3) is 3.35. The molecule has 0 saturated carbocycles. The molecule has 2 heterocycles. The van der Waals surface area contributed by atoms with Crippen LogP contribution in [-0.2, 0) is 11.2 Å². The van der Waals surface area contributed by atoms with Crippen molar-refractivity contribution in [3.05, 3.63) is 120 Å². The molecule has 3 aromatic carbocycles. The first-order valence-corrected chi connectivity index (χ1v) is 10.2. The van der Waals surface area contributed by atoms with E-state index in [0.29, 0.717) is 0 Å². The lowest BCUT2D eigenvalue weighted by atomic mass is 10.0. The van der Waals surface area contributed by atoms with Crippen molar-refractivity contribution in [2.45, 2.75) is 12.5 Å². The van der Waals surface area contributed by atoms with Crippen molar-refractivity contribution in [2.75, 3.05) is 4.90 Å². The number of amides is 1. The van der Waals surface area contributed by atoms with Gasteiger partial charge in [0.25, 0.3) is 5.91 Å². The number of anilines is 1. The summed E-state index contributed by atoms with van der Waals surface area (Å²) in [5.74, 6) is -0.00653. The van der Waals surface area contributed by atoms with Crippen molar-refractivity contribution in [1.82, 2.24) is 4.98 Å². The second-order valence-electron chi connectivity index (χ2n) is 7.48. The fraction of sp³-hybridized carbons (Fsp3) is 0.0741. The minimum Gasteiger partial charge on any atom is -0.361 e. The molecule has 1 aromatic heterocycles. The number of hydrogen-bond donors (Lipinski definition) is 1. The Balaban J connectivity index is 1.46. The van der Waals surface area contributed by atoms with Gasteiger partial charge in [0, 0.05) is 34.4 Å². The molecule has 4 aromatic rings. The predicted molar refractivity (Wildman–Crippen MR) is 123 cm³/mol. The van der Waals surface area contributed by atoms with E-state index in [1.54, 1.807) is 6.08 Å². The molecule has 1 amide bonds. The van der Waals surface area contributed by atoms with Crippen LogP contribution in [0.1, 0.15) is 22.7 Å². The fourth-order valence-electron chi connectivity index (χ4n) is 4.23. The molecule has 30 heavy (non-hydrogen) atoms. The van der Waals surface area contributed by atoms with E-state index in [1.165, 1.54) is 10.9 Å². The number of H-pyrrole nitrogens is 1. The molecular weight excluding hydrogens is 368 g/mol. The zero-order valence-corrected chi connectivity index (χ0v) is 16.5. The molecule has 1 aliphatic rings. The van der Waals surface area contributed by atoms with E-state index in [2.05, 4.69) is 23.2 Å². The standard InChI is InChI=1S/C27H22N2O/c30-27(17-9-4-12-20-10-2-1-3-11-20)29-25-16-8-5-13-21(25)18-26(29)23-19-28-24-15-7-6-14-22(23)24/h1-17,19,26,28H,18H2/b12-4+,17-9+. The Bertz CT molecular complexity index is 1250. The first-order chi connectivity index (χ1) is 14.8. The van der Waals surface area contributed by atoms with Crippen LogP contribution < -0.4 is 4.90 Å². The summed E-state index contributed by atoms with van der Waals surface area (Å²) in [6, 6.07) is 26.5. The molecule has 1 atom stereocenters. The summed E-state index contributed by atoms with van der Waals surface area (Å²) in [7, 11) is 0. The molecule has 0 fully saturated rings. The SMILES string of the molecule is O=C(/C=C/C=C/c1ccccc1)N1c2ccccc2CC1c1c[nH]c2ccccc12. The molecule has 0 radical (unpaired) electrons. The molecule has 0 spiro atoms. The minimum absolute atomic E-state index is 0.00653. The number of allylic oxidation sites excluding steroid dienone is 2. The number of carbonyl (C=O) groups excluding carboxylic acids is 1. The van der Waals surface area contributed by atoms with Gasteiger partial charge in [-0.1, -0.05) is 85.0 Å². The van der Waals surface area contributed by atoms with Crippen LogP contribution >= 0.6 is 0 Å². The van der Waals surface area contributed by atoms with Gasteiger partial charge in [-0.2, -0.15) is 0 Å². The normalized spacial score (nSPS) is 16.0. The maximum atomic E-state index is 13.3. The van der Waals surface area contributed by atoms with Crippen molar-refractivity contribution in [3.8, 4) is 0 Å². The van der Waals surface area contributed by atoms with E-state index >= 15 is 0 Å². The largest absolute Gasteiger partial charge is 0.361 e. The van der Waals surface area contributed by atoms with Crippen LogP contribution in [0.25, 0.3) is 17.0 Å². The van der Waals surface area contributed by atoms with Crippen molar-refractivity contribution in [2.24, 2.45) is 0 Å². The summed E-state index contributed by atoms with van der Waals surface area (Å²) < 4.78 is 0. The lowest BCUT2D eigenvalue weighted by Crippen LogP contribution is -2.30. The summed E-state index contributed by atoms with van der Waals surface area (Å²) in [5.41, 5.74) is 5.56. The molecule has 5 rings (SSSR count). The molecule has 1 N–H and O–H groups in total. The number of aromatic amines is 1. The van der Waals surface area contributed by atoms with Crippen molar-refractivity contribution in [3.63, 3.8) is 0 Å². The van der Waals surface area contributed by atoms with Crippen LogP contribution in [-0.4, -0.2) is 10.9 Å². The molecule has 0 aliphatic carbocycles. The number of para-hydroxylation sites is 2. The van der Waals surface area contributed by atoms with Gasteiger partial charge in [0.1, 0.15) is 0 Å². The molecular formula is C27H22N2O. The van der Waals surface area contributed by atoms with Crippen LogP contribution in [0.15, 0.2) is 103 Å². The average molecular weight is 390 g/mol. The van der Waals surface area contributed by atoms with Gasteiger partial charge in [0.05, 0.1) is 6.04 Å². The predicted octanol–water partition coefficient (Wildman–Crippen LogP) is 6.07. The Hall–Kier alpha value is -3.85. The van der Waals surface area contributed by atoms with Crippen molar-refractivity contribution in [1.29, 1.82) is 0 Å². The van der Waals surface area contributed by atoms with Gasteiger partial charge in [-0.15, -0.1) is 0 Å². The third-order valence-electron chi connectivity index (χ3n) is 5.63. The van der Waals surface area contributed by atoms with Gasteiger partial charge in [-0.05, 0) is 29.7 Å². The summed E-state index contributed by atoms with van der Waals surface area (Å²) in [4.78, 5) is 18.5. The van der Waals surface area contributed by atoms with Gasteiger partial charge < -0.3 is 9.88 Å². The average Bonchev–Trinajstić information content (AvgIpc) is 3.38. The number of nitrogens with one attached hydrogen (secondary N) is 1. The summed E-state index contributed by atoms with van der Waals surface area (Å²) >= 11 is 0. The van der Waals surface area contributed by atoms with Gasteiger partial charge in [-0.25, -0.2) is 0 Å². The number of fused-ring (bicyclic) bond motifs is 2. The molecule has 3 nitrogen and oxygen atoms in total. The van der Waals surface area contributed by atoms with Crippen LogP contribution in [0.4, 0.5) is 5.69 Å². The van der Waals surface area contributed by atoms with E-state index in [1.807, 2.05) is 90.0 Å². The smallest absolute Gasteiger partial charge is 0.251 e. The summed E-state index contributed by atoms with van der Waals surface area (Å²) in [6.07, 6.45) is 10.2. The lowest BCUT2D eigenvalue weighted by molar-refractivity contribution is -0.114. The van der Waals surface area contributed by atoms with Crippen LogP contribution in [0.5, 0.6) is 0 Å². The highest BCUT2D eigenvalue weighted by molar-refractivity contribution is 6.04. The van der Waals surface area contributed by atoms with Gasteiger partial charge in [-0.3, -0.25) is 4.79 Å². The highest BCUT2D eigenvalue weighted by atomic mass is 16.2. The van der Waals surface area contributed by atoms with E-state index < -0.39 is 0 Å². The van der Waals surface area contributed by atoms with Crippen molar-refractivity contribution < 1.29 is 4.79 Å². The Kier molecular flexibility index (Phi) is 4.78. The number of nitrogens with zero attached hydrogens (tertiary/aromatic N) is 1. The van der Waals surface area contributed by atoms with E-state index in [4.69, 9.17) is 0 Å². The summed E-state index contributed by atoms with van der Waals surface area (Å²) in [6.45, 7) is 0. The second-order valence-corrected chi connectivity index (χ2v) is 7.48. The highest BCUT2D eigenvalue weighted by Gasteiger charge is 2.34. The zero-order chi connectivity index (χ0) is 20.3. The lowest BCUT2D eigenvalue weighted by Gasteiger charge is -2.24. The Labute approximate surface area is 176 Å². The maximum Gasteiger partial charge on any atom is 0.251 e. The Morgan fingerprint density at radius 2 is 1.67 bits per heavy atom. The number of aromatic nitrogens is 1. The van der Waals surface area contributed by atoms with E-state index in [9.17, 15) is 4.79 Å². The number of benzene rings is 3. The van der Waals surface area contributed by atoms with Crippen LogP contribution in [0.3, 0.4) is 0 Å². The summed E-state index contributed by atoms with van der Waals surface area (Å²) in [5, 5.41) is 1.17. The zero-order valence-electron chi connectivity index (χ0n) is 16.5. The van der Waals surface area contributed by atoms with Crippen LogP contribution in [0, 0.1) is 0 Å². The van der Waals surface area contributed by atoms with E-state index in [0.717, 1.165) is 28.8 Å². The number of rotatable bonds is 4. The molecule has 0 saturated heterocycles. The molecule has 1 aliphatic heterocycles. The first-order valence-electron chi connectivity index (χ1n) is 10.2. The van der Waals surface area contributed by atoms with Gasteiger partial charge in [0.2, 0.25) is 0 Å². The molecule has 1 unspecified atom stereocenters. The minimum atomic E-state index is -0.0196. The highest BCUT2D eigenvalue weighted by Crippen LogP contribution is 2.42. The first kappa shape index (κ1) is 18.2. The monoisotopic (exact) mass is 390 g/mol. The second kappa shape index (κ2) is 7.88. The fourth-order valence-corrected chi connectivity index (χ4v) is 4.23. The number of hydrogen-bond acceptors (Lipinski definition) is 1. The van der Waals surface area contributed by atoms with Crippen molar-refractivity contribution >= 4 is 28.6 Å². The molecule has 0 bridgehead atoms. The topological polar surface area (TPSA) is 36.1 Å². The Morgan fingerprint density at radius 3 is 2.57 bits per heavy atom. The third-order valence-corrected chi connectivity index (χ3v) is 5.63. The number of carbonyl (C=O) groups is 1. The van der Waals surface area contributed by atoms with Crippen LogP contribution in [0.2, 0.25) is 0 Å². The van der Waals surface area contributed by atoms with E-state index in [-0.39, 0.29) is 11.9 Å². The van der Waals surface area contributed by atoms with Gasteiger partial charge in [0.15, 0.2) is 0 Å². The molecule has 3 heteroatoms.